The second-order valence-corrected chi connectivity index (χ2v) is 8.82. The quantitative estimate of drug-likeness (QED) is 0.634. The highest BCUT2D eigenvalue weighted by atomic mass is 35.5. The Morgan fingerprint density at radius 2 is 2.00 bits per heavy atom. The topological polar surface area (TPSA) is 73.2 Å². The Bertz CT molecular complexity index is 539. The zero-order chi connectivity index (χ0) is 15.7. The largest absolute Gasteiger partial charge is 0.393 e. The fraction of sp³-hybridized carbons (Fsp3) is 0.889. The number of carbonyl (C=O) groups excluding carboxylic acids is 1. The van der Waals surface area contributed by atoms with Crippen LogP contribution in [0.15, 0.2) is 0 Å². The summed E-state index contributed by atoms with van der Waals surface area (Å²) in [6.45, 7) is 4.46. The lowest BCUT2D eigenvalue weighted by molar-refractivity contribution is -0.154. The first-order chi connectivity index (χ1) is 10.3. The van der Waals surface area contributed by atoms with Gasteiger partial charge in [0.1, 0.15) is 5.78 Å². The van der Waals surface area contributed by atoms with Crippen molar-refractivity contribution in [3.05, 3.63) is 0 Å². The molecule has 1 heterocycles. The molecule has 5 heteroatoms. The van der Waals surface area contributed by atoms with E-state index in [1.54, 1.807) is 0 Å². The van der Waals surface area contributed by atoms with Gasteiger partial charge in [-0.25, -0.2) is 0 Å². The number of halogens is 1. The predicted molar refractivity (Wildman–Crippen MR) is 91.9 cm³/mol. The minimum atomic E-state index is -0.188. The summed E-state index contributed by atoms with van der Waals surface area (Å²) in [5.41, 5.74) is -0.113. The van der Waals surface area contributed by atoms with Crippen molar-refractivity contribution in [1.29, 1.82) is 5.41 Å². The van der Waals surface area contributed by atoms with Gasteiger partial charge in [-0.15, -0.1) is 12.4 Å². The summed E-state index contributed by atoms with van der Waals surface area (Å²) in [4.78, 5) is 13.1. The fourth-order valence-electron chi connectivity index (χ4n) is 6.55. The highest BCUT2D eigenvalue weighted by Gasteiger charge is 2.61. The number of hydrogen-bond acceptors (Lipinski definition) is 3. The average molecular weight is 341 g/mol. The summed E-state index contributed by atoms with van der Waals surface area (Å²) in [5, 5.41) is 21.4. The first-order valence-corrected chi connectivity index (χ1v) is 8.90. The average Bonchev–Trinajstić information content (AvgIpc) is 2.73. The number of ketones is 1. The molecule has 4 fully saturated rings. The van der Waals surface area contributed by atoms with E-state index in [9.17, 15) is 9.90 Å². The normalized spacial score (nSPS) is 51.9. The lowest BCUT2D eigenvalue weighted by atomic mass is 9.46. The van der Waals surface area contributed by atoms with Crippen LogP contribution in [0.3, 0.4) is 0 Å². The molecule has 4 aliphatic rings. The highest BCUT2D eigenvalue weighted by molar-refractivity contribution is 5.89. The molecular formula is C18H29ClN2O2. The molecule has 0 radical (unpaired) electrons. The summed E-state index contributed by atoms with van der Waals surface area (Å²) in [6.07, 6.45) is 6.17. The van der Waals surface area contributed by atoms with Gasteiger partial charge in [0, 0.05) is 24.3 Å². The van der Waals surface area contributed by atoms with Crippen LogP contribution in [0.25, 0.3) is 0 Å². The van der Waals surface area contributed by atoms with Crippen LogP contribution in [-0.2, 0) is 4.79 Å². The van der Waals surface area contributed by atoms with E-state index in [0.29, 0.717) is 35.8 Å². The number of rotatable bonds is 0. The summed E-state index contributed by atoms with van der Waals surface area (Å²) in [5.74, 6) is 2.55. The van der Waals surface area contributed by atoms with Crippen molar-refractivity contribution in [2.45, 2.75) is 70.4 Å². The van der Waals surface area contributed by atoms with Crippen molar-refractivity contribution in [2.24, 2.45) is 29.1 Å². The van der Waals surface area contributed by atoms with Gasteiger partial charge in [-0.3, -0.25) is 10.2 Å². The summed E-state index contributed by atoms with van der Waals surface area (Å²) in [6, 6.07) is 0. The molecule has 0 bridgehead atoms. The second-order valence-electron chi connectivity index (χ2n) is 8.82. The molecule has 130 valence electrons. The molecule has 3 saturated carbocycles. The molecule has 0 amide bonds. The molecule has 23 heavy (non-hydrogen) atoms. The molecule has 4 nitrogen and oxygen atoms in total. The molecule has 1 aliphatic heterocycles. The number of nitrogens with one attached hydrogen (secondary N) is 2. The SMILES string of the molecule is C[C@]12CCC(O)CC1CC[C@@H]1[C@H]2C(=O)C[C@]2(C)NC(=N)C[C@@H]12.Cl. The van der Waals surface area contributed by atoms with Crippen LogP contribution in [-0.4, -0.2) is 28.4 Å². The number of aliphatic hydroxyl groups is 1. The van der Waals surface area contributed by atoms with Gasteiger partial charge in [-0.2, -0.15) is 0 Å². The first kappa shape index (κ1) is 17.2. The van der Waals surface area contributed by atoms with Crippen LogP contribution < -0.4 is 5.32 Å². The molecule has 2 unspecified atom stereocenters. The molecule has 0 aromatic carbocycles. The molecule has 0 aromatic rings. The van der Waals surface area contributed by atoms with E-state index >= 15 is 0 Å². The Morgan fingerprint density at radius 1 is 1.26 bits per heavy atom. The van der Waals surface area contributed by atoms with Gasteiger partial charge in [-0.05, 0) is 62.2 Å². The van der Waals surface area contributed by atoms with E-state index < -0.39 is 0 Å². The minimum Gasteiger partial charge on any atom is -0.393 e. The predicted octanol–water partition coefficient (Wildman–Crippen LogP) is 2.92. The molecule has 0 spiro atoms. The van der Waals surface area contributed by atoms with Crippen LogP contribution in [0.1, 0.15) is 58.8 Å². The Morgan fingerprint density at radius 3 is 2.74 bits per heavy atom. The zero-order valence-electron chi connectivity index (χ0n) is 14.1. The van der Waals surface area contributed by atoms with E-state index in [4.69, 9.17) is 5.41 Å². The monoisotopic (exact) mass is 340 g/mol. The maximum atomic E-state index is 13.1. The summed E-state index contributed by atoms with van der Waals surface area (Å²) in [7, 11) is 0. The molecule has 3 aliphatic carbocycles. The van der Waals surface area contributed by atoms with Crippen molar-refractivity contribution in [3.8, 4) is 0 Å². The second kappa shape index (κ2) is 5.45. The number of Topliss-reactive ketones (excluding diaryl/α,β-unsaturated/α-hetero) is 1. The van der Waals surface area contributed by atoms with Gasteiger partial charge < -0.3 is 10.4 Å². The maximum Gasteiger partial charge on any atom is 0.139 e. The molecule has 4 rings (SSSR count). The third-order valence-corrected chi connectivity index (χ3v) is 7.58. The van der Waals surface area contributed by atoms with Gasteiger partial charge in [-0.1, -0.05) is 6.92 Å². The van der Waals surface area contributed by atoms with Gasteiger partial charge in [0.05, 0.1) is 11.9 Å². The van der Waals surface area contributed by atoms with Crippen LogP contribution in [0.2, 0.25) is 0 Å². The van der Waals surface area contributed by atoms with E-state index in [1.165, 1.54) is 0 Å². The fourth-order valence-corrected chi connectivity index (χ4v) is 6.55. The Kier molecular flexibility index (Phi) is 4.08. The maximum absolute atomic E-state index is 13.1. The van der Waals surface area contributed by atoms with Gasteiger partial charge in [0.2, 0.25) is 0 Å². The van der Waals surface area contributed by atoms with Crippen LogP contribution in [0.5, 0.6) is 0 Å². The van der Waals surface area contributed by atoms with Crippen LogP contribution in [0.4, 0.5) is 0 Å². The van der Waals surface area contributed by atoms with Crippen molar-refractivity contribution >= 4 is 24.0 Å². The number of amidine groups is 1. The first-order valence-electron chi connectivity index (χ1n) is 8.90. The zero-order valence-corrected chi connectivity index (χ0v) is 14.9. The molecule has 3 N–H and O–H groups in total. The third kappa shape index (κ3) is 2.36. The van der Waals surface area contributed by atoms with Crippen molar-refractivity contribution < 1.29 is 9.90 Å². The van der Waals surface area contributed by atoms with Gasteiger partial charge in [0.15, 0.2) is 0 Å². The van der Waals surface area contributed by atoms with Gasteiger partial charge >= 0.3 is 0 Å². The molecule has 1 saturated heterocycles. The summed E-state index contributed by atoms with van der Waals surface area (Å²) >= 11 is 0. The van der Waals surface area contributed by atoms with Gasteiger partial charge in [0.25, 0.3) is 0 Å². The Hall–Kier alpha value is -0.610. The Labute approximate surface area is 144 Å². The lowest BCUT2D eigenvalue weighted by Crippen LogP contribution is -2.61. The molecular weight excluding hydrogens is 312 g/mol. The number of aliphatic hydroxyl groups excluding tert-OH is 1. The highest BCUT2D eigenvalue weighted by Crippen LogP contribution is 2.61. The smallest absolute Gasteiger partial charge is 0.139 e. The van der Waals surface area contributed by atoms with Crippen LogP contribution in [0, 0.1) is 34.5 Å². The van der Waals surface area contributed by atoms with E-state index in [1.807, 2.05) is 0 Å². The van der Waals surface area contributed by atoms with Crippen molar-refractivity contribution in [3.63, 3.8) is 0 Å². The van der Waals surface area contributed by atoms with E-state index in [0.717, 1.165) is 38.5 Å². The number of carbonyl (C=O) groups is 1. The number of fused-ring (bicyclic) bond motifs is 5. The van der Waals surface area contributed by atoms with Crippen molar-refractivity contribution in [1.82, 2.24) is 5.32 Å². The minimum absolute atomic E-state index is 0. The summed E-state index contributed by atoms with van der Waals surface area (Å²) < 4.78 is 0. The third-order valence-electron chi connectivity index (χ3n) is 7.58. The van der Waals surface area contributed by atoms with E-state index in [2.05, 4.69) is 19.2 Å². The standard InChI is InChI=1S/C18H28N2O2.ClH/c1-17-6-5-11(21)7-10(17)3-4-12-13-8-15(19)20-18(13,2)9-14(22)16(12)17;/h10-13,16,21H,3-9H2,1-2H3,(H2,19,20);1H/t10?,11?,12-,13-,16-,17-,18-;/m0./s1. The molecule has 7 atom stereocenters. The number of hydrogen-bond donors (Lipinski definition) is 3. The van der Waals surface area contributed by atoms with E-state index in [-0.39, 0.29) is 35.4 Å². The molecule has 0 aromatic heterocycles. The van der Waals surface area contributed by atoms with Crippen molar-refractivity contribution in [2.75, 3.05) is 0 Å². The Balaban J connectivity index is 0.00000156. The van der Waals surface area contributed by atoms with Crippen LogP contribution >= 0.6 is 12.4 Å². The lowest BCUT2D eigenvalue weighted by Gasteiger charge is -2.58.